The van der Waals surface area contributed by atoms with E-state index in [0.29, 0.717) is 0 Å². The fourth-order valence-corrected chi connectivity index (χ4v) is 2.93. The minimum Gasteiger partial charge on any atom is -0.345 e. The first kappa shape index (κ1) is 30.6. The van der Waals surface area contributed by atoms with E-state index in [1.165, 1.54) is 21.2 Å². The highest BCUT2D eigenvalue weighted by molar-refractivity contribution is 7.09. The number of aromatic nitrogens is 1. The molecule has 0 amide bonds. The van der Waals surface area contributed by atoms with Crippen molar-refractivity contribution in [2.45, 2.75) is 55.4 Å². The molecule has 0 spiro atoms. The molecule has 0 aliphatic heterocycles. The van der Waals surface area contributed by atoms with Gasteiger partial charge in [0.1, 0.15) is 0 Å². The predicted molar refractivity (Wildman–Crippen MR) is 147 cm³/mol. The Kier molecular flexibility index (Phi) is 19.1. The van der Waals surface area contributed by atoms with Crippen LogP contribution in [0.25, 0.3) is 23.9 Å². The summed E-state index contributed by atoms with van der Waals surface area (Å²) in [6, 6.07) is 22.6. The van der Waals surface area contributed by atoms with E-state index in [9.17, 15) is 0 Å². The predicted octanol–water partition coefficient (Wildman–Crippen LogP) is 8.13. The van der Waals surface area contributed by atoms with Gasteiger partial charge in [0.05, 0.1) is 0 Å². The molecule has 2 aromatic carbocycles. The van der Waals surface area contributed by atoms with E-state index in [1.54, 1.807) is 11.3 Å². The highest BCUT2D eigenvalue weighted by Crippen LogP contribution is 2.04. The molecule has 0 atom stereocenters. The molecule has 4 rings (SSSR count). The maximum Gasteiger partial charge on any atom is 0.0415 e. The number of aryl methyl sites for hydroxylation is 2. The maximum absolute atomic E-state index is 3.99. The third kappa shape index (κ3) is 11.4. The summed E-state index contributed by atoms with van der Waals surface area (Å²) in [5.41, 5.74) is 1.32. The molecule has 0 aliphatic carbocycles. The number of hydrogen-bond donors (Lipinski definition) is 0. The molecule has 2 aromatic heterocycles. The molecule has 0 N–H and O–H groups in total. The summed E-state index contributed by atoms with van der Waals surface area (Å²) in [4.78, 5) is 1.38. The number of nitrogens with zero attached hydrogens (tertiary/aromatic N) is 1. The Morgan fingerprint density at radius 2 is 1.03 bits per heavy atom. The Balaban J connectivity index is 0. The van der Waals surface area contributed by atoms with Crippen LogP contribution in [0, 0.1) is 13.8 Å². The molecule has 0 bridgehead atoms. The van der Waals surface area contributed by atoms with Gasteiger partial charge in [0.15, 0.2) is 0 Å². The lowest BCUT2D eigenvalue weighted by atomic mass is 10.2. The minimum absolute atomic E-state index is 1.04. The van der Waals surface area contributed by atoms with Gasteiger partial charge in [-0.1, -0.05) is 121 Å². The van der Waals surface area contributed by atoms with Gasteiger partial charge < -0.3 is 4.57 Å². The van der Waals surface area contributed by atoms with E-state index in [1.807, 2.05) is 83.5 Å². The van der Waals surface area contributed by atoms with Gasteiger partial charge in [0.2, 0.25) is 0 Å². The number of benzene rings is 2. The first-order valence-electron chi connectivity index (χ1n) is 11.2. The van der Waals surface area contributed by atoms with Gasteiger partial charge in [-0.15, -0.1) is 11.3 Å². The van der Waals surface area contributed by atoms with Crippen LogP contribution in [0.2, 0.25) is 0 Å². The van der Waals surface area contributed by atoms with E-state index in [-0.39, 0.29) is 0 Å². The van der Waals surface area contributed by atoms with E-state index >= 15 is 0 Å². The second-order valence-corrected chi connectivity index (χ2v) is 7.03. The Bertz CT molecular complexity index is 949. The molecule has 4 aromatic rings. The van der Waals surface area contributed by atoms with Crippen LogP contribution in [0.1, 0.15) is 52.0 Å². The molecule has 2 heterocycles. The molecule has 0 aliphatic rings. The van der Waals surface area contributed by atoms with Crippen LogP contribution >= 0.6 is 11.3 Å². The molecule has 0 fully saturated rings. The van der Waals surface area contributed by atoms with Gasteiger partial charge in [-0.05, 0) is 25.3 Å². The summed E-state index contributed by atoms with van der Waals surface area (Å²) in [6.07, 6.45) is 0. The number of rotatable bonds is 0. The van der Waals surface area contributed by atoms with Crippen LogP contribution in [0.4, 0.5) is 0 Å². The lowest BCUT2D eigenvalue weighted by molar-refractivity contribution is 0.871. The standard InChI is InChI=1S/C11H11N.C7H8.C5H6S.3C2H6/c1-8-10-6-4-5-7-11(10)9(2)12(8)3;1-7-5-3-2-4-6-7;1-5-3-2-4-6-5;3*1-2/h4-7H,1-2H2,3H3;2-6H,1H3;2-4H,1H3;3*1-2H3. The van der Waals surface area contributed by atoms with Crippen molar-refractivity contribution in [3.8, 4) is 0 Å². The Labute approximate surface area is 195 Å². The fraction of sp³-hybridized carbons (Fsp3) is 0.310. The minimum atomic E-state index is 1.04. The van der Waals surface area contributed by atoms with Crippen molar-refractivity contribution < 1.29 is 0 Å². The maximum atomic E-state index is 3.99. The summed E-state index contributed by atoms with van der Waals surface area (Å²) in [5.74, 6) is 0. The summed E-state index contributed by atoms with van der Waals surface area (Å²) >= 11 is 1.78. The number of fused-ring (bicyclic) bond motifs is 1. The second kappa shape index (κ2) is 19.4. The van der Waals surface area contributed by atoms with E-state index < -0.39 is 0 Å². The molecule has 1 nitrogen and oxygen atoms in total. The van der Waals surface area contributed by atoms with Gasteiger partial charge in [-0.3, -0.25) is 0 Å². The second-order valence-electron chi connectivity index (χ2n) is 5.88. The van der Waals surface area contributed by atoms with Crippen molar-refractivity contribution in [1.29, 1.82) is 0 Å². The molecular formula is C29H43NS. The zero-order chi connectivity index (χ0) is 24.2. The third-order valence-corrected chi connectivity index (χ3v) is 4.76. The van der Waals surface area contributed by atoms with Gasteiger partial charge in [-0.25, -0.2) is 0 Å². The first-order chi connectivity index (χ1) is 15.0. The van der Waals surface area contributed by atoms with Gasteiger partial charge in [0.25, 0.3) is 0 Å². The molecule has 0 saturated heterocycles. The molecule has 0 radical (unpaired) electrons. The van der Waals surface area contributed by atoms with Crippen LogP contribution in [0.15, 0.2) is 72.1 Å². The summed E-state index contributed by atoms with van der Waals surface area (Å²) < 4.78 is 2.02. The monoisotopic (exact) mass is 437 g/mol. The van der Waals surface area contributed by atoms with E-state index in [0.717, 1.165) is 10.7 Å². The van der Waals surface area contributed by atoms with Crippen molar-refractivity contribution >= 4 is 35.3 Å². The molecular weight excluding hydrogens is 394 g/mol. The van der Waals surface area contributed by atoms with Crippen molar-refractivity contribution in [2.75, 3.05) is 0 Å². The smallest absolute Gasteiger partial charge is 0.0415 e. The highest BCUT2D eigenvalue weighted by Gasteiger charge is 1.98. The number of thiophene rings is 1. The van der Waals surface area contributed by atoms with Gasteiger partial charge >= 0.3 is 0 Å². The molecule has 0 saturated carbocycles. The first-order valence-corrected chi connectivity index (χ1v) is 12.1. The number of hydrogen-bond acceptors (Lipinski definition) is 1. The quantitative estimate of drug-likeness (QED) is 0.262. The lowest BCUT2D eigenvalue weighted by Gasteiger charge is -1.87. The SMILES string of the molecule is C=c1c2ccccc2c(=C)n1C.CC.CC.CC.Cc1ccccc1.Cc1cccs1. The Hall–Kier alpha value is -2.58. The normalized spacial score (nSPS) is 8.42. The molecule has 170 valence electrons. The lowest BCUT2D eigenvalue weighted by Crippen LogP contribution is -2.20. The van der Waals surface area contributed by atoms with E-state index in [2.05, 4.69) is 68.8 Å². The van der Waals surface area contributed by atoms with Gasteiger partial charge in [0, 0.05) is 33.4 Å². The fourth-order valence-electron chi connectivity index (χ4n) is 2.41. The highest BCUT2D eigenvalue weighted by atomic mass is 32.1. The summed E-state index contributed by atoms with van der Waals surface area (Å²) in [5, 5.41) is 6.55. The van der Waals surface area contributed by atoms with Crippen molar-refractivity contribution in [2.24, 2.45) is 7.05 Å². The molecule has 2 heteroatoms. The largest absolute Gasteiger partial charge is 0.345 e. The summed E-state index contributed by atoms with van der Waals surface area (Å²) in [6.45, 7) is 24.2. The Morgan fingerprint density at radius 1 is 0.613 bits per heavy atom. The molecule has 31 heavy (non-hydrogen) atoms. The van der Waals surface area contributed by atoms with Crippen molar-refractivity contribution in [1.82, 2.24) is 4.57 Å². The average Bonchev–Trinajstić information content (AvgIpc) is 3.41. The van der Waals surface area contributed by atoms with Crippen LogP contribution in [-0.2, 0) is 7.05 Å². The average molecular weight is 438 g/mol. The van der Waals surface area contributed by atoms with Crippen LogP contribution in [-0.4, -0.2) is 4.57 Å². The summed E-state index contributed by atoms with van der Waals surface area (Å²) in [7, 11) is 1.99. The zero-order valence-corrected chi connectivity index (χ0v) is 22.0. The van der Waals surface area contributed by atoms with Crippen LogP contribution in [0.5, 0.6) is 0 Å². The van der Waals surface area contributed by atoms with Crippen LogP contribution in [0.3, 0.4) is 0 Å². The van der Waals surface area contributed by atoms with Crippen molar-refractivity contribution in [3.63, 3.8) is 0 Å². The van der Waals surface area contributed by atoms with Gasteiger partial charge in [-0.2, -0.15) is 0 Å². The topological polar surface area (TPSA) is 4.93 Å². The molecule has 0 unspecified atom stereocenters. The third-order valence-electron chi connectivity index (χ3n) is 3.96. The Morgan fingerprint density at radius 3 is 1.29 bits per heavy atom. The van der Waals surface area contributed by atoms with Crippen molar-refractivity contribution in [3.05, 3.63) is 93.2 Å². The van der Waals surface area contributed by atoms with Crippen LogP contribution < -0.4 is 10.7 Å². The zero-order valence-electron chi connectivity index (χ0n) is 21.2. The van der Waals surface area contributed by atoms with E-state index in [4.69, 9.17) is 0 Å².